The molecule has 0 radical (unpaired) electrons. The van der Waals surface area contributed by atoms with Gasteiger partial charge in [0.15, 0.2) is 5.82 Å². The summed E-state index contributed by atoms with van der Waals surface area (Å²) >= 11 is 7.28. The molecule has 20 heavy (non-hydrogen) atoms. The summed E-state index contributed by atoms with van der Waals surface area (Å²) < 4.78 is 5.16. The molecule has 1 aromatic heterocycles. The number of halogens is 1. The highest BCUT2D eigenvalue weighted by atomic mass is 35.5. The summed E-state index contributed by atoms with van der Waals surface area (Å²) in [4.78, 5) is 14.9. The van der Waals surface area contributed by atoms with E-state index in [1.807, 2.05) is 0 Å². The van der Waals surface area contributed by atoms with Crippen LogP contribution in [-0.4, -0.2) is 27.0 Å². The van der Waals surface area contributed by atoms with Crippen molar-refractivity contribution < 1.29 is 14.4 Å². The van der Waals surface area contributed by atoms with E-state index in [0.717, 1.165) is 5.56 Å². The van der Waals surface area contributed by atoms with E-state index in [0.29, 0.717) is 28.2 Å². The Kier molecular flexibility index (Phi) is 5.03. The third-order valence-corrected chi connectivity index (χ3v) is 4.03. The average Bonchev–Trinajstić information content (AvgIpc) is 2.88. The van der Waals surface area contributed by atoms with Crippen LogP contribution in [0.25, 0.3) is 11.5 Å². The van der Waals surface area contributed by atoms with E-state index in [2.05, 4.69) is 10.1 Å². The number of carboxylic acids is 1. The van der Waals surface area contributed by atoms with E-state index < -0.39 is 5.97 Å². The maximum absolute atomic E-state index is 10.7. The first-order valence-electron chi connectivity index (χ1n) is 5.95. The van der Waals surface area contributed by atoms with E-state index in [-0.39, 0.29) is 5.92 Å². The Balaban J connectivity index is 1.92. The number of aromatic nitrogens is 2. The van der Waals surface area contributed by atoms with Crippen molar-refractivity contribution in [3.63, 3.8) is 0 Å². The maximum Gasteiger partial charge on any atom is 0.307 e. The highest BCUT2D eigenvalue weighted by Gasteiger charge is 2.13. The molecule has 1 aromatic carbocycles. The van der Waals surface area contributed by atoms with Crippen LogP contribution in [0.1, 0.15) is 12.7 Å². The lowest BCUT2D eigenvalue weighted by Crippen LogP contribution is -2.11. The number of aliphatic carboxylic acids is 1. The van der Waals surface area contributed by atoms with Crippen molar-refractivity contribution in [2.75, 3.05) is 5.75 Å². The monoisotopic (exact) mass is 312 g/mol. The van der Waals surface area contributed by atoms with Crippen LogP contribution in [0.2, 0.25) is 5.02 Å². The van der Waals surface area contributed by atoms with E-state index in [9.17, 15) is 4.79 Å². The van der Waals surface area contributed by atoms with Gasteiger partial charge in [0.05, 0.1) is 11.7 Å². The van der Waals surface area contributed by atoms with Gasteiger partial charge in [-0.1, -0.05) is 23.7 Å². The Morgan fingerprint density at radius 1 is 1.45 bits per heavy atom. The van der Waals surface area contributed by atoms with Crippen LogP contribution in [0.5, 0.6) is 0 Å². The molecule has 1 atom stereocenters. The molecule has 1 unspecified atom stereocenters. The first kappa shape index (κ1) is 14.9. The Bertz CT molecular complexity index is 586. The minimum Gasteiger partial charge on any atom is -0.481 e. The van der Waals surface area contributed by atoms with Crippen molar-refractivity contribution in [2.24, 2.45) is 5.92 Å². The topological polar surface area (TPSA) is 76.2 Å². The quantitative estimate of drug-likeness (QED) is 0.881. The fraction of sp³-hybridized carbons (Fsp3) is 0.308. The minimum absolute atomic E-state index is 0.386. The minimum atomic E-state index is -0.799. The lowest BCUT2D eigenvalue weighted by molar-refractivity contribution is -0.140. The van der Waals surface area contributed by atoms with Crippen LogP contribution in [0.4, 0.5) is 0 Å². The summed E-state index contributed by atoms with van der Waals surface area (Å²) in [7, 11) is 0. The normalized spacial score (nSPS) is 12.3. The third kappa shape index (κ3) is 3.98. The number of hydrogen-bond acceptors (Lipinski definition) is 5. The molecule has 0 saturated carbocycles. The van der Waals surface area contributed by atoms with Gasteiger partial charge in [-0.2, -0.15) is 16.7 Å². The van der Waals surface area contributed by atoms with Gasteiger partial charge in [-0.05, 0) is 24.3 Å². The van der Waals surface area contributed by atoms with Crippen molar-refractivity contribution in [1.29, 1.82) is 0 Å². The van der Waals surface area contributed by atoms with E-state index in [1.54, 1.807) is 31.2 Å². The SMILES string of the molecule is CC(CSCc1noc(-c2ccc(Cl)cc2)n1)C(=O)O. The fourth-order valence-electron chi connectivity index (χ4n) is 1.42. The first-order valence-corrected chi connectivity index (χ1v) is 7.48. The molecule has 5 nitrogen and oxygen atoms in total. The second-order valence-electron chi connectivity index (χ2n) is 4.28. The largest absolute Gasteiger partial charge is 0.481 e. The van der Waals surface area contributed by atoms with Crippen LogP contribution in [-0.2, 0) is 10.5 Å². The molecule has 0 bridgehead atoms. The van der Waals surface area contributed by atoms with Crippen molar-refractivity contribution in [3.05, 3.63) is 35.1 Å². The Morgan fingerprint density at radius 2 is 2.15 bits per heavy atom. The van der Waals surface area contributed by atoms with Gasteiger partial charge in [0.2, 0.25) is 0 Å². The molecular formula is C13H13ClN2O3S. The fourth-order valence-corrected chi connectivity index (χ4v) is 2.46. The van der Waals surface area contributed by atoms with Crippen LogP contribution in [0.3, 0.4) is 0 Å². The van der Waals surface area contributed by atoms with Gasteiger partial charge < -0.3 is 9.63 Å². The molecule has 2 aromatic rings. The number of hydrogen-bond donors (Lipinski definition) is 1. The molecule has 0 aliphatic heterocycles. The summed E-state index contributed by atoms with van der Waals surface area (Å²) in [6.07, 6.45) is 0. The second kappa shape index (κ2) is 6.76. The van der Waals surface area contributed by atoms with Crippen molar-refractivity contribution in [3.8, 4) is 11.5 Å². The number of rotatable bonds is 6. The molecule has 0 amide bonds. The zero-order valence-corrected chi connectivity index (χ0v) is 12.3. The summed E-state index contributed by atoms with van der Waals surface area (Å²) in [5, 5.41) is 13.3. The highest BCUT2D eigenvalue weighted by Crippen LogP contribution is 2.21. The van der Waals surface area contributed by atoms with Crippen LogP contribution in [0, 0.1) is 5.92 Å². The third-order valence-electron chi connectivity index (χ3n) is 2.58. The van der Waals surface area contributed by atoms with Gasteiger partial charge >= 0.3 is 5.97 Å². The number of carbonyl (C=O) groups is 1. The summed E-state index contributed by atoms with van der Waals surface area (Å²) in [6, 6.07) is 7.12. The Morgan fingerprint density at radius 3 is 2.80 bits per heavy atom. The molecule has 106 valence electrons. The van der Waals surface area contributed by atoms with Gasteiger partial charge in [0.1, 0.15) is 0 Å². The predicted molar refractivity (Wildman–Crippen MR) is 77.7 cm³/mol. The van der Waals surface area contributed by atoms with Crippen molar-refractivity contribution in [2.45, 2.75) is 12.7 Å². The average molecular weight is 313 g/mol. The lowest BCUT2D eigenvalue weighted by atomic mass is 10.2. The molecular weight excluding hydrogens is 300 g/mol. The number of thioether (sulfide) groups is 1. The van der Waals surface area contributed by atoms with Crippen LogP contribution < -0.4 is 0 Å². The zero-order valence-electron chi connectivity index (χ0n) is 10.7. The van der Waals surface area contributed by atoms with Gasteiger partial charge in [-0.15, -0.1) is 0 Å². The van der Waals surface area contributed by atoms with Gasteiger partial charge in [0, 0.05) is 16.3 Å². The standard InChI is InChI=1S/C13H13ClN2O3S/c1-8(13(17)18)6-20-7-11-15-12(19-16-11)9-2-4-10(14)5-3-9/h2-5,8H,6-7H2,1H3,(H,17,18). The molecule has 0 spiro atoms. The molecule has 7 heteroatoms. The summed E-state index contributed by atoms with van der Waals surface area (Å²) in [5.41, 5.74) is 0.803. The first-order chi connectivity index (χ1) is 9.56. The van der Waals surface area contributed by atoms with E-state index in [4.69, 9.17) is 21.2 Å². The van der Waals surface area contributed by atoms with E-state index >= 15 is 0 Å². The predicted octanol–water partition coefficient (Wildman–Crippen LogP) is 3.34. The zero-order chi connectivity index (χ0) is 14.5. The second-order valence-corrected chi connectivity index (χ2v) is 5.74. The molecule has 0 fully saturated rings. The summed E-state index contributed by atoms with van der Waals surface area (Å²) in [6.45, 7) is 1.67. The van der Waals surface area contributed by atoms with Gasteiger partial charge in [-0.25, -0.2) is 0 Å². The number of carboxylic acid groups (broad SMARTS) is 1. The number of nitrogens with zero attached hydrogens (tertiary/aromatic N) is 2. The van der Waals surface area contributed by atoms with Gasteiger partial charge in [-0.3, -0.25) is 4.79 Å². The summed E-state index contributed by atoms with van der Waals surface area (Å²) in [5.74, 6) is 0.839. The molecule has 0 aliphatic rings. The molecule has 0 saturated heterocycles. The Hall–Kier alpha value is -1.53. The number of benzene rings is 1. The lowest BCUT2D eigenvalue weighted by Gasteiger charge is -2.02. The smallest absolute Gasteiger partial charge is 0.307 e. The molecule has 0 aliphatic carbocycles. The van der Waals surface area contributed by atoms with Crippen LogP contribution in [0.15, 0.2) is 28.8 Å². The highest BCUT2D eigenvalue weighted by molar-refractivity contribution is 7.98. The Labute approximate surface area is 125 Å². The van der Waals surface area contributed by atoms with Crippen LogP contribution >= 0.6 is 23.4 Å². The van der Waals surface area contributed by atoms with Gasteiger partial charge in [0.25, 0.3) is 5.89 Å². The van der Waals surface area contributed by atoms with Crippen molar-refractivity contribution in [1.82, 2.24) is 10.1 Å². The molecule has 1 heterocycles. The maximum atomic E-state index is 10.7. The van der Waals surface area contributed by atoms with Crippen molar-refractivity contribution >= 4 is 29.3 Å². The van der Waals surface area contributed by atoms with E-state index in [1.165, 1.54) is 11.8 Å². The molecule has 2 rings (SSSR count). The molecule has 1 N–H and O–H groups in total.